The predicted octanol–water partition coefficient (Wildman–Crippen LogP) is 7.49. The Kier molecular flexibility index (Phi) is 11.3. The predicted molar refractivity (Wildman–Crippen MR) is 123 cm³/mol. The molecule has 30 heavy (non-hydrogen) atoms. The second kappa shape index (κ2) is 14.0. The van der Waals surface area contributed by atoms with Gasteiger partial charge in [0.05, 0.1) is 0 Å². The molecule has 0 aliphatic carbocycles. The molecule has 0 fully saturated rings. The molecule has 166 valence electrons. The highest BCUT2D eigenvalue weighted by atomic mass is 16.5. The molecule has 0 amide bonds. The Hall–Kier alpha value is -2.10. The third-order valence-corrected chi connectivity index (χ3v) is 5.64. The van der Waals surface area contributed by atoms with Crippen molar-refractivity contribution in [2.45, 2.75) is 104 Å². The van der Waals surface area contributed by atoms with Gasteiger partial charge in [0, 0.05) is 23.9 Å². The fraction of sp³-hybridized carbons (Fsp3) is 0.615. The van der Waals surface area contributed by atoms with Crippen molar-refractivity contribution in [2.75, 3.05) is 0 Å². The van der Waals surface area contributed by atoms with Gasteiger partial charge in [0.25, 0.3) is 0 Å². The molecule has 0 spiro atoms. The Morgan fingerprint density at radius 1 is 0.833 bits per heavy atom. The van der Waals surface area contributed by atoms with Crippen LogP contribution in [0.25, 0.3) is 11.0 Å². The fourth-order valence-electron chi connectivity index (χ4n) is 3.84. The number of fused-ring (bicyclic) bond motifs is 1. The summed E-state index contributed by atoms with van der Waals surface area (Å²) in [5.41, 5.74) is 0.910. The van der Waals surface area contributed by atoms with Gasteiger partial charge in [-0.05, 0) is 31.0 Å². The van der Waals surface area contributed by atoms with Crippen LogP contribution in [0.3, 0.4) is 0 Å². The summed E-state index contributed by atoms with van der Waals surface area (Å²) in [6.45, 7) is 4.12. The van der Waals surface area contributed by atoms with Crippen molar-refractivity contribution in [2.24, 2.45) is 0 Å². The summed E-state index contributed by atoms with van der Waals surface area (Å²) in [7, 11) is 0. The first-order valence-corrected chi connectivity index (χ1v) is 11.9. The molecule has 0 bridgehead atoms. The van der Waals surface area contributed by atoms with Gasteiger partial charge in [-0.2, -0.15) is 0 Å². The van der Waals surface area contributed by atoms with Gasteiger partial charge in [-0.1, -0.05) is 84.0 Å². The average Bonchev–Trinajstić information content (AvgIpc) is 2.71. The Labute approximate surface area is 181 Å². The lowest BCUT2D eigenvalue weighted by Gasteiger charge is -2.06. The van der Waals surface area contributed by atoms with Crippen LogP contribution in [-0.4, -0.2) is 5.97 Å². The molecule has 1 aromatic heterocycles. The fourth-order valence-corrected chi connectivity index (χ4v) is 3.84. The van der Waals surface area contributed by atoms with E-state index in [0.717, 1.165) is 23.8 Å². The van der Waals surface area contributed by atoms with E-state index in [-0.39, 0.29) is 5.97 Å². The molecule has 0 aliphatic heterocycles. The van der Waals surface area contributed by atoms with Crippen molar-refractivity contribution >= 4 is 16.9 Å². The number of aryl methyl sites for hydroxylation is 1. The summed E-state index contributed by atoms with van der Waals surface area (Å²) in [5.74, 6) is 0.198. The van der Waals surface area contributed by atoms with Crippen LogP contribution in [0.2, 0.25) is 0 Å². The van der Waals surface area contributed by atoms with Gasteiger partial charge in [-0.3, -0.25) is 4.79 Å². The summed E-state index contributed by atoms with van der Waals surface area (Å²) in [4.78, 5) is 23.6. The SMILES string of the molecule is CCCCCCCCCCCCCCCC(=O)Oc1ccc2c(C)cc(=O)oc2c1. The van der Waals surface area contributed by atoms with E-state index in [9.17, 15) is 9.59 Å². The minimum Gasteiger partial charge on any atom is -0.426 e. The Balaban J connectivity index is 1.53. The van der Waals surface area contributed by atoms with E-state index in [4.69, 9.17) is 9.15 Å². The molecule has 0 saturated heterocycles. The molecule has 0 aliphatic rings. The standard InChI is InChI=1S/C26H38O4/c1-3-4-5-6-7-8-9-10-11-12-13-14-15-16-25(27)29-22-17-18-23-21(2)19-26(28)30-24(23)20-22/h17-20H,3-16H2,1-2H3. The van der Waals surface area contributed by atoms with Crippen LogP contribution in [0.4, 0.5) is 0 Å². The first-order valence-electron chi connectivity index (χ1n) is 11.9. The number of hydrogen-bond acceptors (Lipinski definition) is 4. The summed E-state index contributed by atoms with van der Waals surface area (Å²) >= 11 is 0. The Bertz CT molecular complexity index is 821. The number of benzene rings is 1. The summed E-state index contributed by atoms with van der Waals surface area (Å²) in [6, 6.07) is 6.65. The molecule has 0 atom stereocenters. The second-order valence-electron chi connectivity index (χ2n) is 8.37. The number of rotatable bonds is 15. The number of ether oxygens (including phenoxy) is 1. The van der Waals surface area contributed by atoms with E-state index < -0.39 is 5.63 Å². The largest absolute Gasteiger partial charge is 0.426 e. The van der Waals surface area contributed by atoms with Crippen molar-refractivity contribution in [1.82, 2.24) is 0 Å². The molecule has 1 heterocycles. The van der Waals surface area contributed by atoms with Gasteiger partial charge in [-0.25, -0.2) is 4.79 Å². The average molecular weight is 415 g/mol. The maximum absolute atomic E-state index is 12.1. The maximum Gasteiger partial charge on any atom is 0.336 e. The zero-order valence-corrected chi connectivity index (χ0v) is 18.8. The van der Waals surface area contributed by atoms with Crippen LogP contribution < -0.4 is 10.4 Å². The Morgan fingerprint density at radius 2 is 1.40 bits per heavy atom. The van der Waals surface area contributed by atoms with Gasteiger partial charge in [0.1, 0.15) is 11.3 Å². The van der Waals surface area contributed by atoms with Gasteiger partial charge in [0.15, 0.2) is 0 Å². The van der Waals surface area contributed by atoms with Crippen molar-refractivity contribution in [3.63, 3.8) is 0 Å². The van der Waals surface area contributed by atoms with Gasteiger partial charge < -0.3 is 9.15 Å². The van der Waals surface area contributed by atoms with Gasteiger partial charge in [-0.15, -0.1) is 0 Å². The molecule has 2 aromatic rings. The number of carbonyl (C=O) groups is 1. The van der Waals surface area contributed by atoms with Gasteiger partial charge in [0.2, 0.25) is 0 Å². The molecular weight excluding hydrogens is 376 g/mol. The molecule has 0 unspecified atom stereocenters. The lowest BCUT2D eigenvalue weighted by atomic mass is 10.0. The van der Waals surface area contributed by atoms with Crippen LogP contribution in [0.15, 0.2) is 33.5 Å². The van der Waals surface area contributed by atoms with E-state index in [1.54, 1.807) is 12.1 Å². The van der Waals surface area contributed by atoms with E-state index in [0.29, 0.717) is 17.8 Å². The topological polar surface area (TPSA) is 56.5 Å². The van der Waals surface area contributed by atoms with Crippen LogP contribution >= 0.6 is 0 Å². The first-order chi connectivity index (χ1) is 14.6. The molecule has 0 N–H and O–H groups in total. The summed E-state index contributed by atoms with van der Waals surface area (Å²) < 4.78 is 10.6. The van der Waals surface area contributed by atoms with Crippen LogP contribution in [0.1, 0.15) is 102 Å². The monoisotopic (exact) mass is 414 g/mol. The molecule has 4 nitrogen and oxygen atoms in total. The van der Waals surface area contributed by atoms with Crippen molar-refractivity contribution in [3.05, 3.63) is 40.2 Å². The summed E-state index contributed by atoms with van der Waals surface area (Å²) in [6.07, 6.45) is 17.1. The number of carbonyl (C=O) groups excluding carboxylic acids is 1. The van der Waals surface area contributed by atoms with Crippen LogP contribution in [0, 0.1) is 6.92 Å². The normalized spacial score (nSPS) is 11.1. The molecule has 0 radical (unpaired) electrons. The van der Waals surface area contributed by atoms with Crippen molar-refractivity contribution in [3.8, 4) is 5.75 Å². The smallest absolute Gasteiger partial charge is 0.336 e. The molecule has 1 aromatic carbocycles. The zero-order valence-electron chi connectivity index (χ0n) is 18.8. The lowest BCUT2D eigenvalue weighted by molar-refractivity contribution is -0.134. The number of unbranched alkanes of at least 4 members (excludes halogenated alkanes) is 12. The minimum atomic E-state index is -0.393. The van der Waals surface area contributed by atoms with Gasteiger partial charge >= 0.3 is 11.6 Å². The third-order valence-electron chi connectivity index (χ3n) is 5.64. The van der Waals surface area contributed by atoms with Crippen LogP contribution in [0.5, 0.6) is 5.75 Å². The summed E-state index contributed by atoms with van der Waals surface area (Å²) in [5, 5.41) is 0.853. The highest BCUT2D eigenvalue weighted by Crippen LogP contribution is 2.22. The quantitative estimate of drug-likeness (QED) is 0.131. The van der Waals surface area contributed by atoms with Crippen LogP contribution in [-0.2, 0) is 4.79 Å². The molecular formula is C26H38O4. The van der Waals surface area contributed by atoms with E-state index in [1.165, 1.54) is 76.7 Å². The highest BCUT2D eigenvalue weighted by molar-refractivity contribution is 5.82. The van der Waals surface area contributed by atoms with E-state index >= 15 is 0 Å². The third kappa shape index (κ3) is 9.15. The molecule has 2 rings (SSSR count). The molecule has 4 heteroatoms. The van der Waals surface area contributed by atoms with Crippen molar-refractivity contribution in [1.29, 1.82) is 0 Å². The maximum atomic E-state index is 12.1. The molecule has 0 saturated carbocycles. The Morgan fingerprint density at radius 3 is 2.00 bits per heavy atom. The first kappa shape index (κ1) is 24.2. The minimum absolute atomic E-state index is 0.229. The highest BCUT2D eigenvalue weighted by Gasteiger charge is 2.08. The lowest BCUT2D eigenvalue weighted by Crippen LogP contribution is -2.07. The number of esters is 1. The zero-order chi connectivity index (χ0) is 21.6. The van der Waals surface area contributed by atoms with E-state index in [1.807, 2.05) is 13.0 Å². The van der Waals surface area contributed by atoms with Crippen molar-refractivity contribution < 1.29 is 13.9 Å². The van der Waals surface area contributed by atoms with E-state index in [2.05, 4.69) is 6.92 Å². The second-order valence-corrected chi connectivity index (χ2v) is 8.37. The number of hydrogen-bond donors (Lipinski definition) is 0.